The van der Waals surface area contributed by atoms with E-state index in [1.54, 1.807) is 17.0 Å². The molecule has 0 saturated carbocycles. The lowest BCUT2D eigenvalue weighted by atomic mass is 9.92. The number of rotatable bonds is 3. The zero-order valence-corrected chi connectivity index (χ0v) is 17.1. The average Bonchev–Trinajstić information content (AvgIpc) is 3.03. The lowest BCUT2D eigenvalue weighted by Gasteiger charge is -2.33. The van der Waals surface area contributed by atoms with Crippen LogP contribution in [0.25, 0.3) is 5.52 Å². The summed E-state index contributed by atoms with van der Waals surface area (Å²) in [6.07, 6.45) is 7.47. The summed E-state index contributed by atoms with van der Waals surface area (Å²) in [5, 5.41) is 4.48. The molecule has 0 radical (unpaired) electrons. The van der Waals surface area contributed by atoms with Gasteiger partial charge in [0, 0.05) is 43.5 Å². The van der Waals surface area contributed by atoms with Crippen LogP contribution in [0.2, 0.25) is 0 Å². The summed E-state index contributed by atoms with van der Waals surface area (Å²) in [4.78, 5) is 23.9. The monoisotopic (exact) mass is 380 g/mol. The van der Waals surface area contributed by atoms with Gasteiger partial charge < -0.3 is 4.90 Å². The predicted octanol–water partition coefficient (Wildman–Crippen LogP) is 2.81. The fraction of sp³-hybridized carbons (Fsp3) is 0.524. The van der Waals surface area contributed by atoms with E-state index in [-0.39, 0.29) is 11.0 Å². The van der Waals surface area contributed by atoms with Crippen molar-refractivity contribution in [3.8, 4) is 0 Å². The van der Waals surface area contributed by atoms with Crippen LogP contribution in [0.5, 0.6) is 0 Å². The van der Waals surface area contributed by atoms with Gasteiger partial charge in [-0.1, -0.05) is 20.8 Å². The zero-order valence-electron chi connectivity index (χ0n) is 17.1. The molecule has 28 heavy (non-hydrogen) atoms. The number of nitrogens with zero attached hydrogens (tertiary/aromatic N) is 6. The molecule has 148 valence electrons. The molecule has 1 fully saturated rings. The quantitative estimate of drug-likeness (QED) is 0.699. The summed E-state index contributed by atoms with van der Waals surface area (Å²) < 4.78 is 3.65. The first-order valence-corrected chi connectivity index (χ1v) is 9.94. The maximum absolute atomic E-state index is 12.5. The Labute approximate surface area is 165 Å². The lowest BCUT2D eigenvalue weighted by molar-refractivity contribution is 0.349. The Morgan fingerprint density at radius 2 is 1.89 bits per heavy atom. The van der Waals surface area contributed by atoms with Gasteiger partial charge in [-0.05, 0) is 31.7 Å². The Kier molecular flexibility index (Phi) is 4.69. The van der Waals surface area contributed by atoms with Crippen LogP contribution < -0.4 is 10.5 Å². The van der Waals surface area contributed by atoms with Crippen LogP contribution in [-0.4, -0.2) is 37.2 Å². The summed E-state index contributed by atoms with van der Waals surface area (Å²) in [7, 11) is 0. The Morgan fingerprint density at radius 3 is 2.57 bits per heavy atom. The molecule has 0 N–H and O–H groups in total. The number of hydrogen-bond donors (Lipinski definition) is 0. The molecular weight excluding hydrogens is 352 g/mol. The maximum atomic E-state index is 12.5. The highest BCUT2D eigenvalue weighted by molar-refractivity contribution is 5.69. The molecule has 0 amide bonds. The van der Waals surface area contributed by atoms with Crippen LogP contribution >= 0.6 is 0 Å². The minimum Gasteiger partial charge on any atom is -0.355 e. The number of aryl methyl sites for hydroxylation is 1. The van der Waals surface area contributed by atoms with E-state index in [0.29, 0.717) is 5.92 Å². The number of anilines is 1. The average molecular weight is 380 g/mol. The molecule has 0 bridgehead atoms. The second-order valence-electron chi connectivity index (χ2n) is 8.81. The zero-order chi connectivity index (χ0) is 19.9. The van der Waals surface area contributed by atoms with Gasteiger partial charge in [-0.15, -0.1) is 0 Å². The summed E-state index contributed by atoms with van der Waals surface area (Å²) in [6, 6.07) is 3.76. The van der Waals surface area contributed by atoms with Crippen LogP contribution in [0, 0.1) is 12.8 Å². The molecule has 7 nitrogen and oxygen atoms in total. The number of hydrogen-bond acceptors (Lipinski definition) is 5. The topological polar surface area (TPSA) is 68.3 Å². The smallest absolute Gasteiger partial charge is 0.253 e. The number of piperidine rings is 1. The highest BCUT2D eigenvalue weighted by atomic mass is 16.1. The fourth-order valence-corrected chi connectivity index (χ4v) is 3.85. The molecule has 0 aromatic carbocycles. The second-order valence-corrected chi connectivity index (χ2v) is 8.81. The predicted molar refractivity (Wildman–Crippen MR) is 110 cm³/mol. The van der Waals surface area contributed by atoms with Crippen LogP contribution in [0.4, 0.5) is 5.82 Å². The second kappa shape index (κ2) is 7.04. The summed E-state index contributed by atoms with van der Waals surface area (Å²) in [5.74, 6) is 1.47. The summed E-state index contributed by atoms with van der Waals surface area (Å²) in [6.45, 7) is 10.8. The third-order valence-corrected chi connectivity index (χ3v) is 5.51. The van der Waals surface area contributed by atoms with Gasteiger partial charge in [0.1, 0.15) is 5.52 Å². The van der Waals surface area contributed by atoms with Gasteiger partial charge in [0.05, 0.1) is 17.7 Å². The van der Waals surface area contributed by atoms with Crippen molar-refractivity contribution in [2.75, 3.05) is 18.0 Å². The molecule has 1 aliphatic rings. The van der Waals surface area contributed by atoms with Crippen molar-refractivity contribution in [1.29, 1.82) is 0 Å². The Bertz CT molecular complexity index is 1040. The molecule has 7 heteroatoms. The van der Waals surface area contributed by atoms with E-state index >= 15 is 0 Å². The Hall–Kier alpha value is -2.70. The van der Waals surface area contributed by atoms with Gasteiger partial charge in [0.15, 0.2) is 5.82 Å². The minimum absolute atomic E-state index is 0.0449. The Morgan fingerprint density at radius 1 is 1.14 bits per heavy atom. The molecule has 4 heterocycles. The maximum Gasteiger partial charge on any atom is 0.253 e. The van der Waals surface area contributed by atoms with E-state index in [1.807, 2.05) is 23.8 Å². The van der Waals surface area contributed by atoms with E-state index in [4.69, 9.17) is 0 Å². The van der Waals surface area contributed by atoms with E-state index in [9.17, 15) is 4.79 Å². The lowest BCUT2D eigenvalue weighted by Crippen LogP contribution is -2.37. The molecule has 0 spiro atoms. The van der Waals surface area contributed by atoms with Crippen molar-refractivity contribution in [3.63, 3.8) is 0 Å². The van der Waals surface area contributed by atoms with E-state index in [0.717, 1.165) is 55.2 Å². The SMILES string of the molecule is Cc1cc2c(N3CCC(Cn4cnc(C(C)(C)C)cc4=O)CC3)nccn2n1. The minimum atomic E-state index is -0.108. The first kappa shape index (κ1) is 18.7. The first-order valence-electron chi connectivity index (χ1n) is 9.94. The molecule has 3 aromatic heterocycles. The van der Waals surface area contributed by atoms with Gasteiger partial charge in [-0.25, -0.2) is 14.5 Å². The summed E-state index contributed by atoms with van der Waals surface area (Å²) in [5.41, 5.74) is 2.83. The molecule has 3 aromatic rings. The Balaban J connectivity index is 1.44. The van der Waals surface area contributed by atoms with E-state index < -0.39 is 0 Å². The van der Waals surface area contributed by atoms with Crippen LogP contribution in [0.1, 0.15) is 45.0 Å². The normalized spacial score (nSPS) is 16.1. The highest BCUT2D eigenvalue weighted by Gasteiger charge is 2.23. The van der Waals surface area contributed by atoms with Crippen molar-refractivity contribution in [3.05, 3.63) is 52.6 Å². The van der Waals surface area contributed by atoms with Gasteiger partial charge >= 0.3 is 0 Å². The van der Waals surface area contributed by atoms with Gasteiger partial charge in [0.2, 0.25) is 0 Å². The fourth-order valence-electron chi connectivity index (χ4n) is 3.85. The highest BCUT2D eigenvalue weighted by Crippen LogP contribution is 2.26. The van der Waals surface area contributed by atoms with Gasteiger partial charge in [-0.3, -0.25) is 9.36 Å². The van der Waals surface area contributed by atoms with Gasteiger partial charge in [-0.2, -0.15) is 5.10 Å². The third kappa shape index (κ3) is 3.66. The number of fused-ring (bicyclic) bond motifs is 1. The molecule has 1 saturated heterocycles. The molecule has 0 atom stereocenters. The van der Waals surface area contributed by atoms with Crippen LogP contribution in [0.15, 0.2) is 35.6 Å². The largest absolute Gasteiger partial charge is 0.355 e. The molecular formula is C21H28N6O. The molecule has 0 aliphatic carbocycles. The molecule has 1 aliphatic heterocycles. The van der Waals surface area contributed by atoms with Crippen molar-refractivity contribution in [1.82, 2.24) is 24.1 Å². The standard InChI is InChI=1S/C21H28N6O/c1-15-11-17-20(22-7-10-27(17)24-15)25-8-5-16(6-9-25)13-26-14-23-18(12-19(26)28)21(2,3)4/h7,10-12,14,16H,5-6,8-9,13H2,1-4H3. The van der Waals surface area contributed by atoms with E-state index in [2.05, 4.69) is 46.8 Å². The van der Waals surface area contributed by atoms with Gasteiger partial charge in [0.25, 0.3) is 5.56 Å². The van der Waals surface area contributed by atoms with Crippen molar-refractivity contribution in [2.24, 2.45) is 5.92 Å². The van der Waals surface area contributed by atoms with Crippen molar-refractivity contribution in [2.45, 2.75) is 52.5 Å². The first-order chi connectivity index (χ1) is 13.3. The summed E-state index contributed by atoms with van der Waals surface area (Å²) >= 11 is 0. The van der Waals surface area contributed by atoms with E-state index in [1.165, 1.54) is 0 Å². The van der Waals surface area contributed by atoms with Crippen molar-refractivity contribution >= 4 is 11.3 Å². The third-order valence-electron chi connectivity index (χ3n) is 5.51. The molecule has 0 unspecified atom stereocenters. The van der Waals surface area contributed by atoms with Crippen molar-refractivity contribution < 1.29 is 0 Å². The molecule has 4 rings (SSSR count). The van der Waals surface area contributed by atoms with Crippen LogP contribution in [0.3, 0.4) is 0 Å². The van der Waals surface area contributed by atoms with Crippen LogP contribution in [-0.2, 0) is 12.0 Å². The number of aromatic nitrogens is 5.